The Morgan fingerprint density at radius 3 is 2.55 bits per heavy atom. The van der Waals surface area contributed by atoms with E-state index in [1.54, 1.807) is 0 Å². The van der Waals surface area contributed by atoms with Crippen molar-refractivity contribution in [1.82, 2.24) is 4.90 Å². The zero-order chi connectivity index (χ0) is 14.1. The number of hydrogen-bond donors (Lipinski definition) is 0. The molecule has 0 unspecified atom stereocenters. The molecule has 0 aromatic heterocycles. The Labute approximate surface area is 117 Å². The fourth-order valence-electron chi connectivity index (χ4n) is 3.58. The van der Waals surface area contributed by atoms with Crippen molar-refractivity contribution in [1.29, 1.82) is 0 Å². The summed E-state index contributed by atoms with van der Waals surface area (Å²) in [6, 6.07) is 3.41. The second-order valence-electron chi connectivity index (χ2n) is 6.11. The summed E-state index contributed by atoms with van der Waals surface area (Å²) in [5.74, 6) is -0.0390. The number of fused-ring (bicyclic) bond motifs is 2. The lowest BCUT2D eigenvalue weighted by Gasteiger charge is -2.41. The van der Waals surface area contributed by atoms with Crippen molar-refractivity contribution in [2.75, 3.05) is 13.1 Å². The van der Waals surface area contributed by atoms with Crippen LogP contribution in [0.1, 0.15) is 31.2 Å². The fraction of sp³-hybridized carbons (Fsp3) is 0.562. The quantitative estimate of drug-likeness (QED) is 0.814. The molecule has 2 atom stereocenters. The molecule has 1 saturated heterocycles. The predicted octanol–water partition coefficient (Wildman–Crippen LogP) is 3.16. The van der Waals surface area contributed by atoms with Gasteiger partial charge in [-0.1, -0.05) is 12.5 Å². The summed E-state index contributed by atoms with van der Waals surface area (Å²) in [6.45, 7) is 1.61. The third-order valence-electron chi connectivity index (χ3n) is 4.56. The number of amides is 1. The van der Waals surface area contributed by atoms with Crippen LogP contribution in [0.15, 0.2) is 18.2 Å². The second kappa shape index (κ2) is 5.51. The fourth-order valence-corrected chi connectivity index (χ4v) is 3.58. The average molecular weight is 279 g/mol. The maximum Gasteiger partial charge on any atom is 0.227 e. The number of carbonyl (C=O) groups is 1. The molecule has 20 heavy (non-hydrogen) atoms. The van der Waals surface area contributed by atoms with Gasteiger partial charge in [-0.3, -0.25) is 4.79 Å². The van der Waals surface area contributed by atoms with E-state index >= 15 is 0 Å². The monoisotopic (exact) mass is 279 g/mol. The van der Waals surface area contributed by atoms with Gasteiger partial charge >= 0.3 is 0 Å². The van der Waals surface area contributed by atoms with Crippen LogP contribution in [-0.4, -0.2) is 23.9 Å². The summed E-state index contributed by atoms with van der Waals surface area (Å²) >= 11 is 0. The Balaban J connectivity index is 1.67. The Bertz CT molecular complexity index is 505. The smallest absolute Gasteiger partial charge is 0.227 e. The van der Waals surface area contributed by atoms with Crippen LogP contribution in [0.4, 0.5) is 8.78 Å². The molecule has 108 valence electrons. The first-order valence-corrected chi connectivity index (χ1v) is 7.33. The minimum Gasteiger partial charge on any atom is -0.342 e. The van der Waals surface area contributed by atoms with Crippen molar-refractivity contribution >= 4 is 5.91 Å². The number of nitrogens with zero attached hydrogens (tertiary/aromatic N) is 1. The lowest BCUT2D eigenvalue weighted by atomic mass is 9.78. The molecule has 0 N–H and O–H groups in total. The minimum atomic E-state index is -0.629. The van der Waals surface area contributed by atoms with E-state index in [1.165, 1.54) is 37.8 Å². The van der Waals surface area contributed by atoms with Crippen molar-refractivity contribution in [2.45, 2.75) is 32.1 Å². The Hall–Kier alpha value is -1.45. The van der Waals surface area contributed by atoms with Crippen LogP contribution in [0.5, 0.6) is 0 Å². The van der Waals surface area contributed by atoms with Gasteiger partial charge in [0.25, 0.3) is 0 Å². The summed E-state index contributed by atoms with van der Waals surface area (Å²) in [7, 11) is 0. The molecule has 1 amide bonds. The van der Waals surface area contributed by atoms with Crippen LogP contribution >= 0.6 is 0 Å². The number of piperidine rings is 1. The standard InChI is InChI=1S/C16H19F2NO/c17-14-5-4-13(15(18)8-14)7-16(20)19-9-11-2-1-3-12(6-11)10-19/h4-5,8,11-12H,1-3,6-7,9-10H2/t11-,12-/m1/s1. The van der Waals surface area contributed by atoms with E-state index in [1.807, 2.05) is 4.90 Å². The molecule has 2 aliphatic rings. The summed E-state index contributed by atoms with van der Waals surface area (Å²) in [6.07, 6.45) is 4.93. The first-order chi connectivity index (χ1) is 9.61. The highest BCUT2D eigenvalue weighted by Gasteiger charge is 2.32. The molecular formula is C16H19F2NO. The predicted molar refractivity (Wildman–Crippen MR) is 72.1 cm³/mol. The molecule has 4 heteroatoms. The Morgan fingerprint density at radius 2 is 1.90 bits per heavy atom. The van der Waals surface area contributed by atoms with Crippen LogP contribution in [0.2, 0.25) is 0 Å². The van der Waals surface area contributed by atoms with E-state index in [-0.39, 0.29) is 17.9 Å². The van der Waals surface area contributed by atoms with E-state index < -0.39 is 11.6 Å². The number of benzene rings is 1. The van der Waals surface area contributed by atoms with Gasteiger partial charge in [-0.25, -0.2) is 8.78 Å². The van der Waals surface area contributed by atoms with E-state index in [2.05, 4.69) is 0 Å². The zero-order valence-electron chi connectivity index (χ0n) is 11.4. The number of carbonyl (C=O) groups excluding carboxylic acids is 1. The molecule has 1 aromatic carbocycles. The molecule has 2 bridgehead atoms. The number of likely N-dealkylation sites (tertiary alicyclic amines) is 1. The van der Waals surface area contributed by atoms with Crippen LogP contribution in [0.3, 0.4) is 0 Å². The molecular weight excluding hydrogens is 260 g/mol. The summed E-state index contributed by atoms with van der Waals surface area (Å²) in [4.78, 5) is 14.2. The Kier molecular flexibility index (Phi) is 3.72. The summed E-state index contributed by atoms with van der Waals surface area (Å²) in [5.41, 5.74) is 0.284. The van der Waals surface area contributed by atoms with Gasteiger partial charge in [-0.05, 0) is 42.7 Å². The van der Waals surface area contributed by atoms with E-state index in [4.69, 9.17) is 0 Å². The summed E-state index contributed by atoms with van der Waals surface area (Å²) < 4.78 is 26.5. The van der Waals surface area contributed by atoms with Crippen molar-refractivity contribution in [2.24, 2.45) is 11.8 Å². The largest absolute Gasteiger partial charge is 0.342 e. The maximum atomic E-state index is 13.6. The molecule has 1 aliphatic heterocycles. The number of hydrogen-bond acceptors (Lipinski definition) is 1. The molecule has 1 aromatic rings. The van der Waals surface area contributed by atoms with E-state index in [9.17, 15) is 13.6 Å². The molecule has 2 fully saturated rings. The average Bonchev–Trinajstić information content (AvgIpc) is 2.41. The number of halogens is 2. The zero-order valence-corrected chi connectivity index (χ0v) is 11.4. The van der Waals surface area contributed by atoms with Gasteiger partial charge in [-0.15, -0.1) is 0 Å². The molecule has 0 radical (unpaired) electrons. The molecule has 3 rings (SSSR count). The first kappa shape index (κ1) is 13.5. The third-order valence-corrected chi connectivity index (χ3v) is 4.56. The van der Waals surface area contributed by atoms with Crippen molar-refractivity contribution in [3.05, 3.63) is 35.4 Å². The van der Waals surface area contributed by atoms with Gasteiger partial charge in [0.05, 0.1) is 6.42 Å². The van der Waals surface area contributed by atoms with Gasteiger partial charge in [0.1, 0.15) is 11.6 Å². The normalized spacial score (nSPS) is 25.6. The molecule has 2 nitrogen and oxygen atoms in total. The third kappa shape index (κ3) is 2.84. The van der Waals surface area contributed by atoms with Gasteiger partial charge in [0, 0.05) is 19.2 Å². The number of rotatable bonds is 2. The van der Waals surface area contributed by atoms with Crippen molar-refractivity contribution < 1.29 is 13.6 Å². The van der Waals surface area contributed by atoms with Crippen LogP contribution < -0.4 is 0 Å². The van der Waals surface area contributed by atoms with Crippen LogP contribution in [0.25, 0.3) is 0 Å². The molecule has 1 aliphatic carbocycles. The van der Waals surface area contributed by atoms with Crippen molar-refractivity contribution in [3.8, 4) is 0 Å². The van der Waals surface area contributed by atoms with Gasteiger partial charge in [0.15, 0.2) is 0 Å². The first-order valence-electron chi connectivity index (χ1n) is 7.33. The van der Waals surface area contributed by atoms with Crippen LogP contribution in [-0.2, 0) is 11.2 Å². The van der Waals surface area contributed by atoms with Crippen LogP contribution in [0, 0.1) is 23.5 Å². The minimum absolute atomic E-state index is 0.0333. The van der Waals surface area contributed by atoms with Crippen molar-refractivity contribution in [3.63, 3.8) is 0 Å². The maximum absolute atomic E-state index is 13.6. The summed E-state index contributed by atoms with van der Waals surface area (Å²) in [5, 5.41) is 0. The Morgan fingerprint density at radius 1 is 1.20 bits per heavy atom. The van der Waals surface area contributed by atoms with Gasteiger partial charge in [0.2, 0.25) is 5.91 Å². The topological polar surface area (TPSA) is 20.3 Å². The lowest BCUT2D eigenvalue weighted by Crippen LogP contribution is -2.46. The SMILES string of the molecule is O=C(Cc1ccc(F)cc1F)N1C[C@@H]2CCC[C@H](C2)C1. The van der Waals surface area contributed by atoms with Gasteiger partial charge in [-0.2, -0.15) is 0 Å². The molecule has 1 saturated carbocycles. The van der Waals surface area contributed by atoms with E-state index in [0.717, 1.165) is 19.2 Å². The second-order valence-corrected chi connectivity index (χ2v) is 6.11. The van der Waals surface area contributed by atoms with E-state index in [0.29, 0.717) is 11.8 Å². The lowest BCUT2D eigenvalue weighted by molar-refractivity contribution is -0.134. The molecule has 1 heterocycles. The highest BCUT2D eigenvalue weighted by Crippen LogP contribution is 2.34. The molecule has 0 spiro atoms. The highest BCUT2D eigenvalue weighted by molar-refractivity contribution is 5.79. The van der Waals surface area contributed by atoms with Gasteiger partial charge < -0.3 is 4.90 Å². The highest BCUT2D eigenvalue weighted by atomic mass is 19.1.